The first-order valence-electron chi connectivity index (χ1n) is 9.37. The van der Waals surface area contributed by atoms with E-state index in [1.54, 1.807) is 0 Å². The Bertz CT molecular complexity index is 1030. The van der Waals surface area contributed by atoms with Crippen LogP contribution in [0.25, 0.3) is 22.6 Å². The van der Waals surface area contributed by atoms with Gasteiger partial charge in [-0.25, -0.2) is 0 Å². The Morgan fingerprint density at radius 3 is 3.20 bits per heavy atom. The SMILES string of the molecule is [2H]C1C(C([2H])([2H])[2H])=CN=C(C2=c3oc4ccccc4c3=CCC2)C1[2H]. The minimum absolute atomic E-state index is 0.0796. The zero-order valence-electron chi connectivity index (χ0n) is 15.9. The third-order valence-corrected chi connectivity index (χ3v) is 3.72. The van der Waals surface area contributed by atoms with Gasteiger partial charge in [0.05, 0.1) is 0 Å². The molecule has 4 rings (SSSR count). The molecule has 2 atom stereocenters. The molecule has 0 saturated carbocycles. The molecule has 2 heteroatoms. The summed E-state index contributed by atoms with van der Waals surface area (Å²) >= 11 is 0. The molecule has 20 heavy (non-hydrogen) atoms. The van der Waals surface area contributed by atoms with E-state index in [9.17, 15) is 0 Å². The maximum atomic E-state index is 8.38. The molecule has 1 aromatic carbocycles. The summed E-state index contributed by atoms with van der Waals surface area (Å²) in [5.41, 5.74) is 2.65. The van der Waals surface area contributed by atoms with Gasteiger partial charge in [0.25, 0.3) is 0 Å². The third-order valence-electron chi connectivity index (χ3n) is 3.72. The zero-order chi connectivity index (χ0) is 17.8. The van der Waals surface area contributed by atoms with Crippen LogP contribution in [0.15, 0.2) is 45.4 Å². The van der Waals surface area contributed by atoms with Gasteiger partial charge in [0.1, 0.15) is 11.0 Å². The predicted molar refractivity (Wildman–Crippen MR) is 83.0 cm³/mol. The summed E-state index contributed by atoms with van der Waals surface area (Å²) in [7, 11) is 0. The van der Waals surface area contributed by atoms with E-state index in [1.807, 2.05) is 24.3 Å². The Morgan fingerprint density at radius 1 is 1.30 bits per heavy atom. The van der Waals surface area contributed by atoms with E-state index < -0.39 is 19.6 Å². The monoisotopic (exact) mass is 268 g/mol. The van der Waals surface area contributed by atoms with Crippen molar-refractivity contribution < 1.29 is 11.3 Å². The fourth-order valence-corrected chi connectivity index (χ4v) is 2.78. The number of nitrogens with zero attached hydrogens (tertiary/aromatic N) is 1. The number of furan rings is 1. The van der Waals surface area contributed by atoms with Crippen molar-refractivity contribution in [2.24, 2.45) is 4.99 Å². The molecule has 0 bridgehead atoms. The van der Waals surface area contributed by atoms with E-state index in [4.69, 9.17) is 11.3 Å². The van der Waals surface area contributed by atoms with Crippen molar-refractivity contribution in [3.05, 3.63) is 46.7 Å². The maximum Gasteiger partial charge on any atom is 0.140 e. The first-order valence-corrected chi connectivity index (χ1v) is 6.72. The summed E-state index contributed by atoms with van der Waals surface area (Å²) in [6, 6.07) is 7.77. The number of fused-ring (bicyclic) bond motifs is 3. The van der Waals surface area contributed by atoms with Crippen LogP contribution in [0.3, 0.4) is 0 Å². The van der Waals surface area contributed by atoms with Crippen LogP contribution in [-0.4, -0.2) is 5.71 Å². The Hall–Kier alpha value is -2.09. The molecule has 0 radical (unpaired) electrons. The second-order valence-corrected chi connectivity index (χ2v) is 4.99. The fraction of sp³-hybridized carbons (Fsp3) is 0.278. The van der Waals surface area contributed by atoms with E-state index in [-0.39, 0.29) is 5.57 Å². The van der Waals surface area contributed by atoms with Crippen molar-refractivity contribution in [1.82, 2.24) is 0 Å². The molecular formula is C18H17NO. The molecule has 0 saturated heterocycles. The highest BCUT2D eigenvalue weighted by Crippen LogP contribution is 2.21. The highest BCUT2D eigenvalue weighted by molar-refractivity contribution is 6.19. The van der Waals surface area contributed by atoms with Crippen molar-refractivity contribution in [2.75, 3.05) is 0 Å². The summed E-state index contributed by atoms with van der Waals surface area (Å²) in [6.45, 7) is -2.39. The molecule has 2 nitrogen and oxygen atoms in total. The van der Waals surface area contributed by atoms with E-state index in [0.29, 0.717) is 17.5 Å². The third kappa shape index (κ3) is 1.75. The molecule has 2 heterocycles. The van der Waals surface area contributed by atoms with Gasteiger partial charge in [0, 0.05) is 34.9 Å². The van der Waals surface area contributed by atoms with Gasteiger partial charge in [0.2, 0.25) is 0 Å². The lowest BCUT2D eigenvalue weighted by Crippen LogP contribution is -2.29. The van der Waals surface area contributed by atoms with E-state index in [0.717, 1.165) is 28.2 Å². The highest BCUT2D eigenvalue weighted by atomic mass is 16.3. The maximum absolute atomic E-state index is 8.38. The van der Waals surface area contributed by atoms with Gasteiger partial charge in [-0.3, -0.25) is 4.99 Å². The smallest absolute Gasteiger partial charge is 0.140 e. The number of rotatable bonds is 1. The second kappa shape index (κ2) is 4.48. The van der Waals surface area contributed by atoms with Crippen LogP contribution in [0.1, 0.15) is 39.3 Å². The molecule has 100 valence electrons. The number of para-hydroxylation sites is 1. The number of allylic oxidation sites excluding steroid dienone is 1. The van der Waals surface area contributed by atoms with Crippen LogP contribution in [0.2, 0.25) is 0 Å². The van der Waals surface area contributed by atoms with Crippen molar-refractivity contribution >= 4 is 28.3 Å². The molecule has 0 amide bonds. The first-order chi connectivity index (χ1) is 11.9. The van der Waals surface area contributed by atoms with Crippen LogP contribution in [0.4, 0.5) is 0 Å². The number of aliphatic imine (C=N–C) groups is 1. The van der Waals surface area contributed by atoms with Crippen LogP contribution in [0, 0.1) is 0 Å². The van der Waals surface area contributed by atoms with E-state index in [2.05, 4.69) is 11.1 Å². The summed E-state index contributed by atoms with van der Waals surface area (Å²) in [5.74, 6) is 0. The lowest BCUT2D eigenvalue weighted by atomic mass is 9.94. The molecule has 1 aromatic heterocycles. The molecular weight excluding hydrogens is 246 g/mol. The fourth-order valence-electron chi connectivity index (χ4n) is 2.78. The normalized spacial score (nSPS) is 30.0. The highest BCUT2D eigenvalue weighted by Gasteiger charge is 2.17. The van der Waals surface area contributed by atoms with Crippen molar-refractivity contribution in [3.8, 4) is 0 Å². The van der Waals surface area contributed by atoms with Crippen molar-refractivity contribution in [3.63, 3.8) is 0 Å². The van der Waals surface area contributed by atoms with Gasteiger partial charge >= 0.3 is 0 Å². The Kier molecular flexibility index (Phi) is 1.71. The Morgan fingerprint density at radius 2 is 2.25 bits per heavy atom. The van der Waals surface area contributed by atoms with E-state index >= 15 is 0 Å². The standard InChI is InChI=1S/C18H17NO/c1-12-9-10-16(19-11-12)15-7-4-6-14-13-5-2-3-8-17(13)20-18(14)15/h2-3,5-6,8,11H,4,7,9-10H2,1H3/i1D3,9D,10D. The molecule has 1 aliphatic heterocycles. The van der Waals surface area contributed by atoms with Gasteiger partial charge in [-0.1, -0.05) is 29.8 Å². The topological polar surface area (TPSA) is 25.5 Å². The summed E-state index contributed by atoms with van der Waals surface area (Å²) in [4.78, 5) is 4.28. The van der Waals surface area contributed by atoms with Crippen molar-refractivity contribution in [1.29, 1.82) is 0 Å². The molecule has 1 aliphatic carbocycles. The summed E-state index contributed by atoms with van der Waals surface area (Å²) in [5, 5.41) is 2.02. The minimum Gasteiger partial charge on any atom is -0.456 e. The van der Waals surface area contributed by atoms with E-state index in [1.165, 1.54) is 6.20 Å². The lowest BCUT2D eigenvalue weighted by Gasteiger charge is -2.14. The van der Waals surface area contributed by atoms with Crippen LogP contribution >= 0.6 is 0 Å². The number of hydrogen-bond donors (Lipinski definition) is 0. The zero-order valence-corrected chi connectivity index (χ0v) is 10.9. The molecule has 2 unspecified atom stereocenters. The quantitative estimate of drug-likeness (QED) is 0.779. The molecule has 2 aromatic rings. The van der Waals surface area contributed by atoms with Gasteiger partial charge in [-0.15, -0.1) is 0 Å². The van der Waals surface area contributed by atoms with Gasteiger partial charge < -0.3 is 4.42 Å². The lowest BCUT2D eigenvalue weighted by molar-refractivity contribution is 0.569. The van der Waals surface area contributed by atoms with Gasteiger partial charge in [-0.2, -0.15) is 0 Å². The summed E-state index contributed by atoms with van der Waals surface area (Å²) in [6.07, 6.45) is 2.66. The number of hydrogen-bond acceptors (Lipinski definition) is 2. The molecule has 2 aliphatic rings. The second-order valence-electron chi connectivity index (χ2n) is 4.99. The predicted octanol–water partition coefficient (Wildman–Crippen LogP) is 3.30. The molecule has 0 N–H and O–H groups in total. The molecule has 0 spiro atoms. The Labute approximate surface area is 124 Å². The average molecular weight is 268 g/mol. The number of benzene rings is 1. The largest absolute Gasteiger partial charge is 0.456 e. The van der Waals surface area contributed by atoms with Crippen LogP contribution < -0.4 is 10.6 Å². The van der Waals surface area contributed by atoms with Crippen molar-refractivity contribution in [2.45, 2.75) is 32.5 Å². The average Bonchev–Trinajstić information content (AvgIpc) is 2.95. The first kappa shape index (κ1) is 7.63. The molecule has 0 fully saturated rings. The van der Waals surface area contributed by atoms with Gasteiger partial charge in [-0.05, 0) is 38.6 Å². The van der Waals surface area contributed by atoms with Crippen LogP contribution in [0.5, 0.6) is 0 Å². The summed E-state index contributed by atoms with van der Waals surface area (Å²) < 4.78 is 45.1. The Balaban J connectivity index is 1.95. The van der Waals surface area contributed by atoms with Gasteiger partial charge in [0.15, 0.2) is 0 Å². The minimum atomic E-state index is -2.39. The van der Waals surface area contributed by atoms with Crippen LogP contribution in [-0.2, 0) is 0 Å².